The average Bonchev–Trinajstić information content (AvgIpc) is 3.35. The first-order valence-electron chi connectivity index (χ1n) is 15.6. The van der Waals surface area contributed by atoms with Gasteiger partial charge in [-0.25, -0.2) is 4.39 Å². The van der Waals surface area contributed by atoms with Crippen LogP contribution in [0.5, 0.6) is 0 Å². The number of aryl methyl sites for hydroxylation is 1. The molecule has 3 saturated heterocycles. The highest BCUT2D eigenvalue weighted by Crippen LogP contribution is 2.53. The molecule has 1 saturated carbocycles. The van der Waals surface area contributed by atoms with Crippen LogP contribution in [0.1, 0.15) is 77.2 Å². The molecule has 4 aliphatic rings. The Hall–Kier alpha value is -3.18. The smallest absolute Gasteiger partial charge is 0.340 e. The summed E-state index contributed by atoms with van der Waals surface area (Å²) in [6, 6.07) is 6.44. The minimum absolute atomic E-state index is 0.0198. The van der Waals surface area contributed by atoms with Crippen LogP contribution < -0.4 is 5.32 Å². The number of nitrogens with zero attached hydrogens (tertiary/aromatic N) is 3. The van der Waals surface area contributed by atoms with Crippen LogP contribution in [-0.4, -0.2) is 73.5 Å². The van der Waals surface area contributed by atoms with Crippen molar-refractivity contribution >= 4 is 46.7 Å². The molecule has 3 amide bonds. The molecule has 45 heavy (non-hydrogen) atoms. The van der Waals surface area contributed by atoms with E-state index in [0.29, 0.717) is 52.7 Å². The Balaban J connectivity index is 1.07. The van der Waals surface area contributed by atoms with Crippen molar-refractivity contribution in [1.29, 1.82) is 0 Å². The average molecular weight is 655 g/mol. The molecular formula is C32H36FN4O6PS. The first-order chi connectivity index (χ1) is 21.5. The van der Waals surface area contributed by atoms with Gasteiger partial charge in [0.05, 0.1) is 4.88 Å². The fraction of sp³-hybridized carbons (Fsp3) is 0.500. The van der Waals surface area contributed by atoms with Crippen molar-refractivity contribution in [1.82, 2.24) is 20.1 Å². The van der Waals surface area contributed by atoms with Crippen molar-refractivity contribution in [3.63, 3.8) is 0 Å². The van der Waals surface area contributed by atoms with E-state index in [2.05, 4.69) is 17.2 Å². The van der Waals surface area contributed by atoms with Gasteiger partial charge in [-0.1, -0.05) is 13.0 Å². The maximum Gasteiger partial charge on any atom is 0.363 e. The molecule has 3 N–H and O–H groups in total. The lowest BCUT2D eigenvalue weighted by molar-refractivity contribution is -0.149. The quantitative estimate of drug-likeness (QED) is 0.319. The van der Waals surface area contributed by atoms with Crippen LogP contribution in [0.3, 0.4) is 0 Å². The number of thiophene rings is 1. The number of aromatic nitrogens is 1. The lowest BCUT2D eigenvalue weighted by Crippen LogP contribution is -2.59. The predicted octanol–water partition coefficient (Wildman–Crippen LogP) is 4.52. The second-order valence-corrected chi connectivity index (χ2v) is 15.7. The molecule has 10 nitrogen and oxygen atoms in total. The molecule has 4 fully saturated rings. The number of halogens is 1. The van der Waals surface area contributed by atoms with E-state index in [-0.39, 0.29) is 29.3 Å². The number of nitrogens with one attached hydrogen (secondary N) is 1. The van der Waals surface area contributed by atoms with Crippen LogP contribution >= 0.6 is 18.9 Å². The van der Waals surface area contributed by atoms with Gasteiger partial charge in [0.25, 0.3) is 5.91 Å². The normalized spacial score (nSPS) is 27.3. The number of carbonyl (C=O) groups excluding carboxylic acids is 3. The van der Waals surface area contributed by atoms with Gasteiger partial charge in [0.2, 0.25) is 17.7 Å². The number of rotatable bonds is 7. The van der Waals surface area contributed by atoms with Crippen LogP contribution in [0.25, 0.3) is 10.1 Å². The fourth-order valence-electron chi connectivity index (χ4n) is 7.57. The zero-order valence-corrected chi connectivity index (χ0v) is 26.6. The highest BCUT2D eigenvalue weighted by molar-refractivity contribution is 7.51. The van der Waals surface area contributed by atoms with E-state index in [4.69, 9.17) is 0 Å². The van der Waals surface area contributed by atoms with Gasteiger partial charge in [-0.3, -0.25) is 23.9 Å². The predicted molar refractivity (Wildman–Crippen MR) is 166 cm³/mol. The zero-order chi connectivity index (χ0) is 31.6. The van der Waals surface area contributed by atoms with Gasteiger partial charge in [0.1, 0.15) is 12.1 Å². The molecule has 3 aromatic rings. The minimum Gasteiger partial charge on any atom is -0.340 e. The summed E-state index contributed by atoms with van der Waals surface area (Å²) >= 11 is 1.17. The maximum absolute atomic E-state index is 14.3. The molecular weight excluding hydrogens is 618 g/mol. The van der Waals surface area contributed by atoms with Crippen molar-refractivity contribution in [3.05, 3.63) is 64.3 Å². The van der Waals surface area contributed by atoms with Gasteiger partial charge in [-0.2, -0.15) is 0 Å². The van der Waals surface area contributed by atoms with E-state index in [1.807, 2.05) is 17.2 Å². The Labute approximate surface area is 264 Å². The number of alkyl halides is 1. The topological polar surface area (TPSA) is 140 Å². The van der Waals surface area contributed by atoms with Gasteiger partial charge >= 0.3 is 7.60 Å². The largest absolute Gasteiger partial charge is 0.363 e. The highest BCUT2D eigenvalue weighted by Gasteiger charge is 2.52. The number of hydrogen-bond acceptors (Lipinski definition) is 6. The summed E-state index contributed by atoms with van der Waals surface area (Å²) in [6.07, 6.45) is 8.41. The Morgan fingerprint density at radius 2 is 1.91 bits per heavy atom. The first kappa shape index (κ1) is 30.5. The van der Waals surface area contributed by atoms with Gasteiger partial charge < -0.3 is 24.9 Å². The molecule has 0 spiro atoms. The van der Waals surface area contributed by atoms with Gasteiger partial charge in [-0.15, -0.1) is 11.3 Å². The zero-order valence-electron chi connectivity index (χ0n) is 24.8. The number of amides is 3. The van der Waals surface area contributed by atoms with Gasteiger partial charge in [-0.05, 0) is 96.7 Å². The molecule has 1 unspecified atom stereocenters. The van der Waals surface area contributed by atoms with E-state index in [0.717, 1.165) is 25.7 Å². The maximum atomic E-state index is 14.3. The Kier molecular flexibility index (Phi) is 7.83. The third-order valence-electron chi connectivity index (χ3n) is 10.1. The van der Waals surface area contributed by atoms with Crippen LogP contribution in [0.4, 0.5) is 4.39 Å². The molecule has 238 valence electrons. The van der Waals surface area contributed by atoms with Crippen molar-refractivity contribution in [2.24, 2.45) is 11.8 Å². The van der Waals surface area contributed by atoms with Crippen LogP contribution in [-0.2, 0) is 20.6 Å². The first-order valence-corrected chi connectivity index (χ1v) is 18.1. The highest BCUT2D eigenvalue weighted by atomic mass is 32.1. The summed E-state index contributed by atoms with van der Waals surface area (Å²) in [5, 5.41) is 3.44. The lowest BCUT2D eigenvalue weighted by Gasteiger charge is -2.43. The standard InChI is InChI=1S/C32H36FN4O6PS/c1-2-17-7-8-34-14-24(17)22-15-36(16-22)32(40)26-5-4-23-11-19-10-20(19)12-25(31(39)37(23)26)35-30(38)28-13-21-9-18(3-6-27(21)45-28)29(33)44(41,42)43/h3,6-9,13-14,19-20,22-23,25-26,29H,2,4-5,10-12,15-16H2,1H3,(H,35,38)(H2,41,42,43)/t19-,20+,23-,25+,26+,29?/m1/s1. The second kappa shape index (κ2) is 11.6. The molecule has 0 bridgehead atoms. The molecule has 1 aromatic carbocycles. The number of likely N-dealkylation sites (tertiary alicyclic amines) is 1. The van der Waals surface area contributed by atoms with E-state index < -0.39 is 31.5 Å². The number of pyridine rings is 1. The van der Waals surface area contributed by atoms with E-state index in [9.17, 15) is 33.1 Å². The summed E-state index contributed by atoms with van der Waals surface area (Å²) in [5.41, 5.74) is 2.26. The number of hydrogen-bond donors (Lipinski definition) is 3. The molecule has 2 aromatic heterocycles. The van der Waals surface area contributed by atoms with Crippen molar-refractivity contribution in [2.75, 3.05) is 13.1 Å². The summed E-state index contributed by atoms with van der Waals surface area (Å²) < 4.78 is 26.4. The van der Waals surface area contributed by atoms with Crippen molar-refractivity contribution < 1.29 is 33.1 Å². The summed E-state index contributed by atoms with van der Waals surface area (Å²) in [7, 11) is -4.97. The van der Waals surface area contributed by atoms with Gasteiger partial charge in [0.15, 0.2) is 0 Å². The Morgan fingerprint density at radius 1 is 1.13 bits per heavy atom. The van der Waals surface area contributed by atoms with E-state index in [1.165, 1.54) is 40.7 Å². The number of benzene rings is 1. The SMILES string of the molecule is CCc1ccncc1C1CN(C(=O)[C@@H]2CC[C@@H]3C[C@H]4C[C@H]4C[C@H](NC(=O)c4cc5cc(C(F)P(=O)(O)O)ccc5s4)C(=O)N32)C1. The Morgan fingerprint density at radius 3 is 2.67 bits per heavy atom. The van der Waals surface area contributed by atoms with Crippen LogP contribution in [0.15, 0.2) is 42.7 Å². The van der Waals surface area contributed by atoms with E-state index in [1.54, 1.807) is 17.2 Å². The van der Waals surface area contributed by atoms with Crippen molar-refractivity contribution in [3.8, 4) is 0 Å². The van der Waals surface area contributed by atoms with Crippen LogP contribution in [0, 0.1) is 11.8 Å². The molecule has 5 heterocycles. The number of carbonyl (C=O) groups is 3. The molecule has 13 heteroatoms. The van der Waals surface area contributed by atoms with Crippen LogP contribution in [0.2, 0.25) is 0 Å². The summed E-state index contributed by atoms with van der Waals surface area (Å²) in [4.78, 5) is 68.1. The third-order valence-corrected chi connectivity index (χ3v) is 12.1. The summed E-state index contributed by atoms with van der Waals surface area (Å²) in [5.74, 6) is -2.04. The molecule has 3 aliphatic heterocycles. The molecule has 0 radical (unpaired) electrons. The van der Waals surface area contributed by atoms with Gasteiger partial charge in [0, 0.05) is 42.1 Å². The Bertz CT molecular complexity index is 1720. The lowest BCUT2D eigenvalue weighted by atomic mass is 9.88. The third kappa shape index (κ3) is 5.71. The second-order valence-electron chi connectivity index (χ2n) is 12.9. The van der Waals surface area contributed by atoms with Crippen molar-refractivity contribution in [2.45, 2.75) is 75.4 Å². The monoisotopic (exact) mass is 654 g/mol. The number of fused-ring (bicyclic) bond motifs is 3. The van der Waals surface area contributed by atoms with E-state index >= 15 is 0 Å². The minimum atomic E-state index is -4.97. The molecule has 1 aliphatic carbocycles. The summed E-state index contributed by atoms with van der Waals surface area (Å²) in [6.45, 7) is 3.33. The molecule has 7 rings (SSSR count). The molecule has 6 atom stereocenters. The fourth-order valence-corrected chi connectivity index (χ4v) is 9.06.